The molecule has 0 radical (unpaired) electrons. The Bertz CT molecular complexity index is 616. The van der Waals surface area contributed by atoms with Crippen LogP contribution in [0.4, 0.5) is 4.79 Å². The molecule has 0 bridgehead atoms. The van der Waals surface area contributed by atoms with Crippen molar-refractivity contribution in [1.82, 2.24) is 9.80 Å². The number of carbonyl (C=O) groups excluding carboxylic acids is 2. The first kappa shape index (κ1) is 18.1. The Morgan fingerprint density at radius 2 is 1.75 bits per heavy atom. The molecule has 24 heavy (non-hydrogen) atoms. The van der Waals surface area contributed by atoms with Gasteiger partial charge in [0, 0.05) is 26.2 Å². The number of urea groups is 1. The number of nitrogens with two attached hydrogens (primary N) is 1. The monoisotopic (exact) mass is 333 g/mol. The lowest BCUT2D eigenvalue weighted by molar-refractivity contribution is -0.131. The molecule has 1 fully saturated rings. The van der Waals surface area contributed by atoms with Gasteiger partial charge in [-0.15, -0.1) is 0 Å². The summed E-state index contributed by atoms with van der Waals surface area (Å²) in [6.07, 6.45) is 1.09. The summed E-state index contributed by atoms with van der Waals surface area (Å²) in [7, 11) is 0. The zero-order valence-corrected chi connectivity index (χ0v) is 14.8. The highest BCUT2D eigenvalue weighted by Gasteiger charge is 2.20. The van der Waals surface area contributed by atoms with Crippen LogP contribution in [0.15, 0.2) is 12.1 Å². The smallest absolute Gasteiger partial charge is 0.314 e. The number of benzene rings is 1. The maximum absolute atomic E-state index is 12.3. The van der Waals surface area contributed by atoms with Crippen LogP contribution in [-0.2, 0) is 4.79 Å². The van der Waals surface area contributed by atoms with Gasteiger partial charge in [-0.25, -0.2) is 4.79 Å². The fourth-order valence-electron chi connectivity index (χ4n) is 2.94. The summed E-state index contributed by atoms with van der Waals surface area (Å²) < 4.78 is 5.82. The van der Waals surface area contributed by atoms with E-state index in [1.54, 1.807) is 9.80 Å². The van der Waals surface area contributed by atoms with E-state index in [1.165, 1.54) is 5.56 Å². The third kappa shape index (κ3) is 4.63. The predicted octanol–water partition coefficient (Wildman–Crippen LogP) is 1.99. The lowest BCUT2D eigenvalue weighted by atomic mass is 10.1. The summed E-state index contributed by atoms with van der Waals surface area (Å²) in [5.74, 6) is 0.902. The molecule has 6 heteroatoms. The average Bonchev–Trinajstić information content (AvgIpc) is 2.78. The molecule has 0 saturated carbocycles. The van der Waals surface area contributed by atoms with Crippen molar-refractivity contribution in [2.75, 3.05) is 32.8 Å². The van der Waals surface area contributed by atoms with Gasteiger partial charge in [0.1, 0.15) is 5.75 Å². The molecule has 6 nitrogen and oxygen atoms in total. The van der Waals surface area contributed by atoms with Crippen LogP contribution >= 0.6 is 0 Å². The number of rotatable bonds is 4. The standard InChI is InChI=1S/C18H27N3O3/c1-13-11-14(2)15(3)16(12-13)24-10-5-17(22)20-6-4-7-21(9-8-20)18(19)23/h11-12H,4-10H2,1-3H3,(H2,19,23). The fraction of sp³-hybridized carbons (Fsp3) is 0.556. The number of aryl methyl sites for hydroxylation is 2. The first-order chi connectivity index (χ1) is 11.4. The van der Waals surface area contributed by atoms with Gasteiger partial charge >= 0.3 is 6.03 Å². The van der Waals surface area contributed by atoms with Crippen LogP contribution in [0.25, 0.3) is 0 Å². The van der Waals surface area contributed by atoms with Crippen molar-refractivity contribution in [2.24, 2.45) is 5.73 Å². The minimum atomic E-state index is -0.419. The molecule has 2 N–H and O–H groups in total. The highest BCUT2D eigenvalue weighted by molar-refractivity contribution is 5.76. The Kier molecular flexibility index (Phi) is 6.06. The summed E-state index contributed by atoms with van der Waals surface area (Å²) in [4.78, 5) is 27.0. The van der Waals surface area contributed by atoms with Crippen LogP contribution in [0.5, 0.6) is 5.75 Å². The molecule has 1 aromatic carbocycles. The molecule has 0 aliphatic carbocycles. The number of ether oxygens (including phenoxy) is 1. The van der Waals surface area contributed by atoms with Crippen molar-refractivity contribution in [3.8, 4) is 5.75 Å². The van der Waals surface area contributed by atoms with Crippen molar-refractivity contribution in [1.29, 1.82) is 0 Å². The van der Waals surface area contributed by atoms with Gasteiger partial charge in [-0.3, -0.25) is 4.79 Å². The second-order valence-corrected chi connectivity index (χ2v) is 6.36. The zero-order valence-electron chi connectivity index (χ0n) is 14.8. The highest BCUT2D eigenvalue weighted by Crippen LogP contribution is 2.23. The molecule has 2 rings (SSSR count). The predicted molar refractivity (Wildman–Crippen MR) is 93.1 cm³/mol. The van der Waals surface area contributed by atoms with Crippen molar-refractivity contribution < 1.29 is 14.3 Å². The lowest BCUT2D eigenvalue weighted by Crippen LogP contribution is -2.40. The molecular weight excluding hydrogens is 306 g/mol. The number of primary amides is 1. The van der Waals surface area contributed by atoms with E-state index in [4.69, 9.17) is 10.5 Å². The Morgan fingerprint density at radius 1 is 1.08 bits per heavy atom. The largest absolute Gasteiger partial charge is 0.493 e. The molecule has 1 aromatic rings. The summed E-state index contributed by atoms with van der Waals surface area (Å²) in [6.45, 7) is 8.77. The van der Waals surface area contributed by atoms with Gasteiger partial charge in [0.05, 0.1) is 13.0 Å². The van der Waals surface area contributed by atoms with Crippen molar-refractivity contribution >= 4 is 11.9 Å². The second kappa shape index (κ2) is 8.04. The van der Waals surface area contributed by atoms with Crippen LogP contribution in [0, 0.1) is 20.8 Å². The molecule has 1 heterocycles. The molecule has 0 unspecified atom stereocenters. The minimum Gasteiger partial charge on any atom is -0.493 e. The summed E-state index contributed by atoms with van der Waals surface area (Å²) in [5, 5.41) is 0. The minimum absolute atomic E-state index is 0.0587. The summed E-state index contributed by atoms with van der Waals surface area (Å²) >= 11 is 0. The number of carbonyl (C=O) groups is 2. The van der Waals surface area contributed by atoms with E-state index in [-0.39, 0.29) is 5.91 Å². The Balaban J connectivity index is 1.84. The molecule has 0 spiro atoms. The van der Waals surface area contributed by atoms with E-state index in [0.29, 0.717) is 39.2 Å². The topological polar surface area (TPSA) is 75.9 Å². The second-order valence-electron chi connectivity index (χ2n) is 6.36. The van der Waals surface area contributed by atoms with Gasteiger partial charge in [0.15, 0.2) is 0 Å². The highest BCUT2D eigenvalue weighted by atomic mass is 16.5. The SMILES string of the molecule is Cc1cc(C)c(C)c(OCCC(=O)N2CCCN(C(N)=O)CC2)c1. The van der Waals surface area contributed by atoms with Gasteiger partial charge in [0.2, 0.25) is 5.91 Å². The van der Waals surface area contributed by atoms with Crippen LogP contribution in [0.2, 0.25) is 0 Å². The van der Waals surface area contributed by atoms with Crippen LogP contribution < -0.4 is 10.5 Å². The van der Waals surface area contributed by atoms with Crippen molar-refractivity contribution in [2.45, 2.75) is 33.6 Å². The molecule has 1 saturated heterocycles. The van der Waals surface area contributed by atoms with E-state index in [0.717, 1.165) is 23.3 Å². The van der Waals surface area contributed by atoms with E-state index >= 15 is 0 Å². The van der Waals surface area contributed by atoms with Gasteiger partial charge in [-0.05, 0) is 49.9 Å². The first-order valence-electron chi connectivity index (χ1n) is 8.41. The third-order valence-electron chi connectivity index (χ3n) is 4.50. The quantitative estimate of drug-likeness (QED) is 0.915. The number of amides is 3. The molecular formula is C18H27N3O3. The van der Waals surface area contributed by atoms with Gasteiger partial charge in [0.25, 0.3) is 0 Å². The summed E-state index contributed by atoms with van der Waals surface area (Å²) in [6, 6.07) is 3.70. The first-order valence-corrected chi connectivity index (χ1v) is 8.41. The Morgan fingerprint density at radius 3 is 2.46 bits per heavy atom. The third-order valence-corrected chi connectivity index (χ3v) is 4.50. The fourth-order valence-corrected chi connectivity index (χ4v) is 2.94. The van der Waals surface area contributed by atoms with Crippen LogP contribution in [-0.4, -0.2) is 54.5 Å². The Hall–Kier alpha value is -2.24. The number of hydrogen-bond acceptors (Lipinski definition) is 3. The Labute approximate surface area is 143 Å². The van der Waals surface area contributed by atoms with Crippen LogP contribution in [0.3, 0.4) is 0 Å². The van der Waals surface area contributed by atoms with E-state index < -0.39 is 6.03 Å². The van der Waals surface area contributed by atoms with Crippen LogP contribution in [0.1, 0.15) is 29.5 Å². The molecule has 0 aromatic heterocycles. The number of nitrogens with zero attached hydrogens (tertiary/aromatic N) is 2. The maximum atomic E-state index is 12.3. The van der Waals surface area contributed by atoms with Gasteiger partial charge in [-0.2, -0.15) is 0 Å². The normalized spacial score (nSPS) is 15.1. The average molecular weight is 333 g/mol. The zero-order chi connectivity index (χ0) is 17.7. The maximum Gasteiger partial charge on any atom is 0.314 e. The molecule has 3 amide bonds. The van der Waals surface area contributed by atoms with E-state index in [9.17, 15) is 9.59 Å². The summed E-state index contributed by atoms with van der Waals surface area (Å²) in [5.41, 5.74) is 8.76. The lowest BCUT2D eigenvalue weighted by Gasteiger charge is -2.21. The van der Waals surface area contributed by atoms with Gasteiger partial charge < -0.3 is 20.3 Å². The number of hydrogen-bond donors (Lipinski definition) is 1. The van der Waals surface area contributed by atoms with Crippen molar-refractivity contribution in [3.05, 3.63) is 28.8 Å². The molecule has 132 valence electrons. The van der Waals surface area contributed by atoms with Gasteiger partial charge in [-0.1, -0.05) is 6.07 Å². The van der Waals surface area contributed by atoms with E-state index in [1.807, 2.05) is 19.9 Å². The van der Waals surface area contributed by atoms with Crippen molar-refractivity contribution in [3.63, 3.8) is 0 Å². The van der Waals surface area contributed by atoms with E-state index in [2.05, 4.69) is 13.0 Å². The molecule has 1 aliphatic rings. The molecule has 0 atom stereocenters. The molecule has 1 aliphatic heterocycles.